The van der Waals surface area contributed by atoms with Gasteiger partial charge in [-0.05, 0) is 43.9 Å². The Morgan fingerprint density at radius 3 is 2.85 bits per heavy atom. The van der Waals surface area contributed by atoms with Gasteiger partial charge in [0.1, 0.15) is 18.2 Å². The van der Waals surface area contributed by atoms with E-state index in [4.69, 9.17) is 21.1 Å². The van der Waals surface area contributed by atoms with Crippen molar-refractivity contribution in [3.05, 3.63) is 29.6 Å². The highest BCUT2D eigenvalue weighted by molar-refractivity contribution is 6.17. The second kappa shape index (κ2) is 5.90. The Kier molecular flexibility index (Phi) is 4.18. The van der Waals surface area contributed by atoms with Crippen molar-refractivity contribution in [1.29, 1.82) is 0 Å². The zero-order valence-electron chi connectivity index (χ0n) is 11.5. The zero-order chi connectivity index (χ0) is 14.0. The number of benzene rings is 1. The fraction of sp³-hybridized carbons (Fsp3) is 0.625. The number of halogens is 2. The van der Waals surface area contributed by atoms with E-state index >= 15 is 0 Å². The summed E-state index contributed by atoms with van der Waals surface area (Å²) < 4.78 is 25.1. The van der Waals surface area contributed by atoms with Gasteiger partial charge >= 0.3 is 0 Å². The van der Waals surface area contributed by atoms with E-state index in [1.54, 1.807) is 6.07 Å². The lowest BCUT2D eigenvalue weighted by molar-refractivity contribution is -0.0509. The topological polar surface area (TPSA) is 18.5 Å². The van der Waals surface area contributed by atoms with E-state index in [0.717, 1.165) is 12.8 Å². The molecule has 0 N–H and O–H groups in total. The molecular weight excluding hydrogens is 279 g/mol. The van der Waals surface area contributed by atoms with Crippen molar-refractivity contribution in [3.8, 4) is 5.75 Å². The van der Waals surface area contributed by atoms with Crippen LogP contribution in [0.5, 0.6) is 5.75 Å². The van der Waals surface area contributed by atoms with Crippen molar-refractivity contribution in [2.75, 3.05) is 6.61 Å². The first-order valence-corrected chi connectivity index (χ1v) is 7.89. The van der Waals surface area contributed by atoms with E-state index in [9.17, 15) is 4.39 Å². The minimum Gasteiger partial charge on any atom is -0.491 e. The molecule has 1 heterocycles. The SMILES string of the molecule is Fc1ccc(OCC2CCC3(CCCC3)O2)c(CCl)c1. The van der Waals surface area contributed by atoms with Gasteiger partial charge in [0.25, 0.3) is 0 Å². The third kappa shape index (κ3) is 2.94. The molecule has 2 fully saturated rings. The number of hydrogen-bond acceptors (Lipinski definition) is 2. The molecular formula is C16H20ClFO2. The van der Waals surface area contributed by atoms with E-state index < -0.39 is 0 Å². The first-order valence-electron chi connectivity index (χ1n) is 7.36. The summed E-state index contributed by atoms with van der Waals surface area (Å²) in [7, 11) is 0. The molecule has 1 saturated heterocycles. The Bertz CT molecular complexity index is 472. The maximum absolute atomic E-state index is 13.1. The third-order valence-corrected chi connectivity index (χ3v) is 4.73. The van der Waals surface area contributed by atoms with Gasteiger partial charge in [0, 0.05) is 5.56 Å². The molecule has 2 aliphatic rings. The van der Waals surface area contributed by atoms with E-state index in [1.165, 1.54) is 37.8 Å². The minimum absolute atomic E-state index is 0.131. The maximum atomic E-state index is 13.1. The van der Waals surface area contributed by atoms with Crippen LogP contribution in [0.2, 0.25) is 0 Å². The van der Waals surface area contributed by atoms with Crippen LogP contribution < -0.4 is 4.74 Å². The average Bonchev–Trinajstić information content (AvgIpc) is 3.08. The largest absolute Gasteiger partial charge is 0.491 e. The van der Waals surface area contributed by atoms with Gasteiger partial charge in [0.2, 0.25) is 0 Å². The second-order valence-electron chi connectivity index (χ2n) is 5.87. The second-order valence-corrected chi connectivity index (χ2v) is 6.13. The Morgan fingerprint density at radius 1 is 1.30 bits per heavy atom. The molecule has 1 unspecified atom stereocenters. The molecule has 3 rings (SSSR count). The fourth-order valence-electron chi connectivity index (χ4n) is 3.38. The standard InChI is InChI=1S/C16H20ClFO2/c17-10-12-9-13(18)3-4-15(12)19-11-14-5-8-16(20-14)6-1-2-7-16/h3-4,9,14H,1-2,5-8,10-11H2. The predicted octanol–water partition coefficient (Wildman–Crippen LogP) is 4.44. The normalized spacial score (nSPS) is 24.4. The van der Waals surface area contributed by atoms with Crippen molar-refractivity contribution in [1.82, 2.24) is 0 Å². The van der Waals surface area contributed by atoms with Crippen molar-refractivity contribution in [2.45, 2.75) is 56.1 Å². The van der Waals surface area contributed by atoms with Gasteiger partial charge < -0.3 is 9.47 Å². The molecule has 1 aromatic carbocycles. The molecule has 1 aliphatic heterocycles. The summed E-state index contributed by atoms with van der Waals surface area (Å²) in [4.78, 5) is 0. The lowest BCUT2D eigenvalue weighted by Gasteiger charge is -2.24. The monoisotopic (exact) mass is 298 g/mol. The Labute approximate surface area is 124 Å². The molecule has 20 heavy (non-hydrogen) atoms. The number of hydrogen-bond donors (Lipinski definition) is 0. The summed E-state index contributed by atoms with van der Waals surface area (Å²) in [5.74, 6) is 0.634. The zero-order valence-corrected chi connectivity index (χ0v) is 12.3. The van der Waals surface area contributed by atoms with E-state index in [2.05, 4.69) is 0 Å². The minimum atomic E-state index is -0.282. The smallest absolute Gasteiger partial charge is 0.124 e. The summed E-state index contributed by atoms with van der Waals surface area (Å²) >= 11 is 5.82. The predicted molar refractivity (Wildman–Crippen MR) is 76.8 cm³/mol. The quantitative estimate of drug-likeness (QED) is 0.765. The summed E-state index contributed by atoms with van der Waals surface area (Å²) in [6.45, 7) is 0.525. The molecule has 1 atom stereocenters. The van der Waals surface area contributed by atoms with Gasteiger partial charge in [-0.3, -0.25) is 0 Å². The molecule has 1 aromatic rings. The summed E-state index contributed by atoms with van der Waals surface area (Å²) in [5, 5.41) is 0. The number of ether oxygens (including phenoxy) is 2. The van der Waals surface area contributed by atoms with Gasteiger partial charge in [-0.15, -0.1) is 11.6 Å². The molecule has 0 radical (unpaired) electrons. The third-order valence-electron chi connectivity index (χ3n) is 4.44. The maximum Gasteiger partial charge on any atom is 0.124 e. The molecule has 110 valence electrons. The lowest BCUT2D eigenvalue weighted by Crippen LogP contribution is -2.27. The molecule has 1 saturated carbocycles. The molecule has 2 nitrogen and oxygen atoms in total. The molecule has 1 aliphatic carbocycles. The Balaban J connectivity index is 1.57. The van der Waals surface area contributed by atoms with Crippen molar-refractivity contribution in [2.24, 2.45) is 0 Å². The van der Waals surface area contributed by atoms with Gasteiger partial charge in [-0.2, -0.15) is 0 Å². The highest BCUT2D eigenvalue weighted by atomic mass is 35.5. The van der Waals surface area contributed by atoms with Crippen LogP contribution in [0.25, 0.3) is 0 Å². The molecule has 4 heteroatoms. The van der Waals surface area contributed by atoms with Gasteiger partial charge in [0.05, 0.1) is 17.6 Å². The molecule has 1 spiro atoms. The van der Waals surface area contributed by atoms with Gasteiger partial charge in [0.15, 0.2) is 0 Å². The molecule has 0 bridgehead atoms. The van der Waals surface area contributed by atoms with Crippen LogP contribution in [0.1, 0.15) is 44.1 Å². The van der Waals surface area contributed by atoms with Crippen molar-refractivity contribution >= 4 is 11.6 Å². The van der Waals surface area contributed by atoms with Crippen molar-refractivity contribution in [3.63, 3.8) is 0 Å². The summed E-state index contributed by atoms with van der Waals surface area (Å²) in [6.07, 6.45) is 7.29. The Morgan fingerprint density at radius 2 is 2.10 bits per heavy atom. The van der Waals surface area contributed by atoms with Crippen LogP contribution in [-0.4, -0.2) is 18.3 Å². The van der Waals surface area contributed by atoms with Crippen LogP contribution in [0.3, 0.4) is 0 Å². The van der Waals surface area contributed by atoms with Crippen LogP contribution in [0, 0.1) is 5.82 Å². The summed E-state index contributed by atoms with van der Waals surface area (Å²) in [5.41, 5.74) is 0.826. The van der Waals surface area contributed by atoms with Crippen LogP contribution in [0.15, 0.2) is 18.2 Å². The number of alkyl halides is 1. The number of rotatable bonds is 4. The molecule has 0 amide bonds. The highest BCUT2D eigenvalue weighted by Crippen LogP contribution is 2.43. The van der Waals surface area contributed by atoms with Gasteiger partial charge in [-0.25, -0.2) is 4.39 Å². The van der Waals surface area contributed by atoms with Gasteiger partial charge in [-0.1, -0.05) is 12.8 Å². The molecule has 0 aromatic heterocycles. The van der Waals surface area contributed by atoms with E-state index in [1.807, 2.05) is 0 Å². The van der Waals surface area contributed by atoms with Crippen LogP contribution in [0.4, 0.5) is 4.39 Å². The van der Waals surface area contributed by atoms with Crippen molar-refractivity contribution < 1.29 is 13.9 Å². The fourth-order valence-corrected chi connectivity index (χ4v) is 3.58. The van der Waals surface area contributed by atoms with E-state index in [0.29, 0.717) is 17.9 Å². The lowest BCUT2D eigenvalue weighted by atomic mass is 9.98. The van der Waals surface area contributed by atoms with E-state index in [-0.39, 0.29) is 23.4 Å². The summed E-state index contributed by atoms with van der Waals surface area (Å²) in [6, 6.07) is 4.48. The highest BCUT2D eigenvalue weighted by Gasteiger charge is 2.42. The van der Waals surface area contributed by atoms with Crippen LogP contribution in [-0.2, 0) is 10.6 Å². The Hall–Kier alpha value is -0.800. The first-order chi connectivity index (χ1) is 9.71. The first kappa shape index (κ1) is 14.2. The van der Waals surface area contributed by atoms with Crippen LogP contribution >= 0.6 is 11.6 Å². The average molecular weight is 299 g/mol.